The summed E-state index contributed by atoms with van der Waals surface area (Å²) in [4.78, 5) is 17.0. The summed E-state index contributed by atoms with van der Waals surface area (Å²) in [6, 6.07) is 6.39. The number of carbonyl (C=O) groups is 1. The van der Waals surface area contributed by atoms with Crippen LogP contribution in [0.2, 0.25) is 0 Å². The summed E-state index contributed by atoms with van der Waals surface area (Å²) in [5.74, 6) is -1.20. The standard InChI is InChI=1S/C16H15FN2O3/c1-22-15-7-12(2-3-13(15)17)19-5-4-10-6-14(16(20)21)18-8-11(10)9-19/h2-3,6-8H,4-5,9H2,1H3,(H,20,21). The molecule has 114 valence electrons. The van der Waals surface area contributed by atoms with Gasteiger partial charge in [0, 0.05) is 31.0 Å². The van der Waals surface area contributed by atoms with Gasteiger partial charge in [-0.2, -0.15) is 0 Å². The molecule has 0 atom stereocenters. The maximum Gasteiger partial charge on any atom is 0.354 e. The molecule has 22 heavy (non-hydrogen) atoms. The van der Waals surface area contributed by atoms with Gasteiger partial charge in [0.25, 0.3) is 0 Å². The zero-order chi connectivity index (χ0) is 15.7. The number of hydrogen-bond acceptors (Lipinski definition) is 4. The third kappa shape index (κ3) is 2.59. The molecule has 0 unspecified atom stereocenters. The van der Waals surface area contributed by atoms with E-state index >= 15 is 0 Å². The summed E-state index contributed by atoms with van der Waals surface area (Å²) in [5, 5.41) is 8.98. The number of anilines is 1. The summed E-state index contributed by atoms with van der Waals surface area (Å²) in [7, 11) is 1.44. The van der Waals surface area contributed by atoms with Crippen LogP contribution in [0.1, 0.15) is 21.6 Å². The molecule has 6 heteroatoms. The van der Waals surface area contributed by atoms with E-state index in [1.807, 2.05) is 0 Å². The van der Waals surface area contributed by atoms with Gasteiger partial charge in [0.1, 0.15) is 5.69 Å². The monoisotopic (exact) mass is 302 g/mol. The van der Waals surface area contributed by atoms with Gasteiger partial charge in [0.2, 0.25) is 0 Å². The number of carboxylic acids is 1. The van der Waals surface area contributed by atoms with Crippen molar-refractivity contribution in [3.05, 3.63) is 53.1 Å². The van der Waals surface area contributed by atoms with E-state index < -0.39 is 11.8 Å². The van der Waals surface area contributed by atoms with Gasteiger partial charge in [-0.15, -0.1) is 0 Å². The second kappa shape index (κ2) is 5.63. The lowest BCUT2D eigenvalue weighted by atomic mass is 10.0. The number of benzene rings is 1. The SMILES string of the molecule is COc1cc(N2CCc3cc(C(=O)O)ncc3C2)ccc1F. The van der Waals surface area contributed by atoms with Crippen LogP contribution in [0.25, 0.3) is 0 Å². The van der Waals surface area contributed by atoms with E-state index in [4.69, 9.17) is 9.84 Å². The Labute approximate surface area is 127 Å². The summed E-state index contributed by atoms with van der Waals surface area (Å²) >= 11 is 0. The molecule has 0 spiro atoms. The molecule has 0 amide bonds. The summed E-state index contributed by atoms with van der Waals surface area (Å²) in [5.41, 5.74) is 2.92. The normalized spacial score (nSPS) is 13.6. The number of pyridine rings is 1. The van der Waals surface area contributed by atoms with Crippen LogP contribution in [0.3, 0.4) is 0 Å². The predicted molar refractivity (Wildman–Crippen MR) is 78.9 cm³/mol. The molecular formula is C16H15FN2O3. The molecule has 0 aliphatic carbocycles. The minimum atomic E-state index is -1.02. The average Bonchev–Trinajstić information content (AvgIpc) is 2.54. The Morgan fingerprint density at radius 2 is 2.18 bits per heavy atom. The topological polar surface area (TPSA) is 62.7 Å². The van der Waals surface area contributed by atoms with E-state index in [-0.39, 0.29) is 11.4 Å². The third-order valence-electron chi connectivity index (χ3n) is 3.81. The van der Waals surface area contributed by atoms with Crippen molar-refractivity contribution in [2.75, 3.05) is 18.6 Å². The van der Waals surface area contributed by atoms with E-state index in [1.165, 1.54) is 13.2 Å². The predicted octanol–water partition coefficient (Wildman–Crippen LogP) is 2.49. The Morgan fingerprint density at radius 3 is 2.91 bits per heavy atom. The van der Waals surface area contributed by atoms with Gasteiger partial charge in [0.15, 0.2) is 11.6 Å². The quantitative estimate of drug-likeness (QED) is 0.944. The number of rotatable bonds is 3. The minimum Gasteiger partial charge on any atom is -0.494 e. The van der Waals surface area contributed by atoms with Gasteiger partial charge < -0.3 is 14.7 Å². The number of aromatic nitrogens is 1. The van der Waals surface area contributed by atoms with Gasteiger partial charge in [0.05, 0.1) is 7.11 Å². The Bertz CT molecular complexity index is 733. The maximum atomic E-state index is 13.5. The molecule has 0 radical (unpaired) electrons. The highest BCUT2D eigenvalue weighted by Gasteiger charge is 2.19. The van der Waals surface area contributed by atoms with Crippen LogP contribution in [0.5, 0.6) is 5.75 Å². The first-order chi connectivity index (χ1) is 10.6. The molecule has 0 saturated heterocycles. The van der Waals surface area contributed by atoms with Gasteiger partial charge in [-0.3, -0.25) is 0 Å². The fraction of sp³-hybridized carbons (Fsp3) is 0.250. The van der Waals surface area contributed by atoms with E-state index in [9.17, 15) is 9.18 Å². The minimum absolute atomic E-state index is 0.0654. The highest BCUT2D eigenvalue weighted by atomic mass is 19.1. The molecule has 2 heterocycles. The smallest absolute Gasteiger partial charge is 0.354 e. The van der Waals surface area contributed by atoms with E-state index in [1.54, 1.807) is 24.4 Å². The van der Waals surface area contributed by atoms with E-state index in [0.717, 1.165) is 29.8 Å². The highest BCUT2D eigenvalue weighted by Crippen LogP contribution is 2.28. The van der Waals surface area contributed by atoms with Crippen molar-refractivity contribution in [1.82, 2.24) is 4.98 Å². The first-order valence-corrected chi connectivity index (χ1v) is 6.88. The summed E-state index contributed by atoms with van der Waals surface area (Å²) in [6.45, 7) is 1.34. The second-order valence-electron chi connectivity index (χ2n) is 5.13. The molecule has 1 N–H and O–H groups in total. The molecule has 5 nitrogen and oxygen atoms in total. The van der Waals surface area contributed by atoms with Crippen LogP contribution in [-0.4, -0.2) is 29.7 Å². The van der Waals surface area contributed by atoms with E-state index in [2.05, 4.69) is 9.88 Å². The molecule has 3 rings (SSSR count). The van der Waals surface area contributed by atoms with Crippen molar-refractivity contribution in [2.24, 2.45) is 0 Å². The van der Waals surface area contributed by atoms with Crippen LogP contribution in [-0.2, 0) is 13.0 Å². The number of halogens is 1. The molecule has 0 saturated carbocycles. The molecule has 0 bridgehead atoms. The number of ether oxygens (including phenoxy) is 1. The lowest BCUT2D eigenvalue weighted by Gasteiger charge is -2.30. The molecular weight excluding hydrogens is 287 g/mol. The van der Waals surface area contributed by atoms with Gasteiger partial charge in [-0.1, -0.05) is 0 Å². The van der Waals surface area contributed by atoms with Crippen molar-refractivity contribution in [3.8, 4) is 5.75 Å². The number of aromatic carboxylic acids is 1. The average molecular weight is 302 g/mol. The summed E-state index contributed by atoms with van der Waals surface area (Å²) < 4.78 is 18.5. The van der Waals surface area contributed by atoms with Gasteiger partial charge in [-0.05, 0) is 35.7 Å². The number of hydrogen-bond donors (Lipinski definition) is 1. The second-order valence-corrected chi connectivity index (χ2v) is 5.13. The first-order valence-electron chi connectivity index (χ1n) is 6.88. The van der Waals surface area contributed by atoms with Gasteiger partial charge >= 0.3 is 5.97 Å². The molecule has 1 aliphatic rings. The number of carboxylic acid groups (broad SMARTS) is 1. The highest BCUT2D eigenvalue weighted by molar-refractivity contribution is 5.85. The third-order valence-corrected chi connectivity index (χ3v) is 3.81. The lowest BCUT2D eigenvalue weighted by Crippen LogP contribution is -2.30. The largest absolute Gasteiger partial charge is 0.494 e. The van der Waals surface area contributed by atoms with Gasteiger partial charge in [-0.25, -0.2) is 14.2 Å². The fourth-order valence-electron chi connectivity index (χ4n) is 2.62. The number of nitrogens with zero attached hydrogens (tertiary/aromatic N) is 2. The maximum absolute atomic E-state index is 13.5. The van der Waals surface area contributed by atoms with Crippen molar-refractivity contribution in [1.29, 1.82) is 0 Å². The Morgan fingerprint density at radius 1 is 1.36 bits per heavy atom. The molecule has 1 aliphatic heterocycles. The summed E-state index contributed by atoms with van der Waals surface area (Å²) in [6.07, 6.45) is 2.32. The van der Waals surface area contributed by atoms with Crippen LogP contribution >= 0.6 is 0 Å². The molecule has 1 aromatic heterocycles. The lowest BCUT2D eigenvalue weighted by molar-refractivity contribution is 0.0690. The molecule has 0 fully saturated rings. The van der Waals surface area contributed by atoms with Crippen molar-refractivity contribution < 1.29 is 19.0 Å². The van der Waals surface area contributed by atoms with Crippen molar-refractivity contribution >= 4 is 11.7 Å². The molecule has 2 aromatic rings. The first kappa shape index (κ1) is 14.3. The zero-order valence-corrected chi connectivity index (χ0v) is 12.0. The van der Waals surface area contributed by atoms with Crippen LogP contribution in [0.4, 0.5) is 10.1 Å². The number of methoxy groups -OCH3 is 1. The van der Waals surface area contributed by atoms with E-state index in [0.29, 0.717) is 6.54 Å². The van der Waals surface area contributed by atoms with Crippen molar-refractivity contribution in [2.45, 2.75) is 13.0 Å². The van der Waals surface area contributed by atoms with Crippen molar-refractivity contribution in [3.63, 3.8) is 0 Å². The number of fused-ring (bicyclic) bond motifs is 1. The van der Waals surface area contributed by atoms with Crippen LogP contribution < -0.4 is 9.64 Å². The Balaban J connectivity index is 1.87. The van der Waals surface area contributed by atoms with Crippen LogP contribution in [0.15, 0.2) is 30.5 Å². The molecule has 1 aromatic carbocycles. The Hall–Kier alpha value is -2.63. The fourth-order valence-corrected chi connectivity index (χ4v) is 2.62. The Kier molecular flexibility index (Phi) is 3.66. The zero-order valence-electron chi connectivity index (χ0n) is 12.0. The van der Waals surface area contributed by atoms with Crippen LogP contribution in [0, 0.1) is 5.82 Å².